The zero-order valence-corrected chi connectivity index (χ0v) is 9.34. The summed E-state index contributed by atoms with van der Waals surface area (Å²) >= 11 is 0. The molecule has 15 heavy (non-hydrogen) atoms. The second-order valence-corrected chi connectivity index (χ2v) is 4.65. The molecule has 0 aliphatic rings. The van der Waals surface area contributed by atoms with Gasteiger partial charge >= 0.3 is 0 Å². The molecule has 0 bridgehead atoms. The van der Waals surface area contributed by atoms with E-state index in [9.17, 15) is 8.42 Å². The normalized spacial score (nSPS) is 11.3. The molecule has 0 saturated carbocycles. The Hall–Kier alpha value is -1.11. The fourth-order valence-electron chi connectivity index (χ4n) is 1.01. The van der Waals surface area contributed by atoms with Crippen LogP contribution < -0.4 is 15.2 Å². The number of hydrogen-bond donors (Lipinski definition) is 3. The summed E-state index contributed by atoms with van der Waals surface area (Å²) in [4.78, 5) is 0. The fourth-order valence-corrected chi connectivity index (χ4v) is 1.91. The van der Waals surface area contributed by atoms with Crippen molar-refractivity contribution in [2.75, 3.05) is 17.8 Å². The van der Waals surface area contributed by atoms with E-state index in [2.05, 4.69) is 9.44 Å². The molecule has 0 saturated heterocycles. The van der Waals surface area contributed by atoms with Crippen molar-refractivity contribution >= 4 is 15.9 Å². The van der Waals surface area contributed by atoms with Gasteiger partial charge in [0.05, 0.1) is 0 Å². The zero-order valence-electron chi connectivity index (χ0n) is 8.53. The summed E-state index contributed by atoms with van der Waals surface area (Å²) < 4.78 is 27.4. The van der Waals surface area contributed by atoms with Gasteiger partial charge in [0.2, 0.25) is 0 Å². The van der Waals surface area contributed by atoms with E-state index in [0.717, 1.165) is 5.56 Å². The molecular formula is C9H15N3O2S. The lowest BCUT2D eigenvalue weighted by Crippen LogP contribution is -2.33. The highest BCUT2D eigenvalue weighted by Gasteiger charge is 2.07. The van der Waals surface area contributed by atoms with Gasteiger partial charge in [-0.3, -0.25) is 4.72 Å². The summed E-state index contributed by atoms with van der Waals surface area (Å²) in [5.74, 6) is 0. The van der Waals surface area contributed by atoms with Crippen LogP contribution in [0.2, 0.25) is 0 Å². The van der Waals surface area contributed by atoms with Gasteiger partial charge < -0.3 is 5.73 Å². The minimum Gasteiger partial charge on any atom is -0.329 e. The van der Waals surface area contributed by atoms with Crippen molar-refractivity contribution in [2.24, 2.45) is 5.73 Å². The number of nitrogens with one attached hydrogen (secondary N) is 2. The summed E-state index contributed by atoms with van der Waals surface area (Å²) in [5.41, 5.74) is 6.80. The average molecular weight is 229 g/mol. The first-order valence-corrected chi connectivity index (χ1v) is 6.06. The van der Waals surface area contributed by atoms with Crippen molar-refractivity contribution in [1.29, 1.82) is 0 Å². The van der Waals surface area contributed by atoms with E-state index >= 15 is 0 Å². The van der Waals surface area contributed by atoms with Gasteiger partial charge in [-0.05, 0) is 19.1 Å². The van der Waals surface area contributed by atoms with Crippen LogP contribution in [-0.4, -0.2) is 21.5 Å². The van der Waals surface area contributed by atoms with Gasteiger partial charge in [-0.25, -0.2) is 0 Å². The standard InChI is InChI=1S/C9H15N3O2S/c1-8-2-4-9(5-3-8)12-15(13,14)11-7-6-10/h2-5,11-12H,6-7,10H2,1H3. The monoisotopic (exact) mass is 229 g/mol. The molecule has 0 aromatic heterocycles. The average Bonchev–Trinajstić information content (AvgIpc) is 2.18. The SMILES string of the molecule is Cc1ccc(NS(=O)(=O)NCCN)cc1. The lowest BCUT2D eigenvalue weighted by atomic mass is 10.2. The Labute approximate surface area is 89.9 Å². The Bertz CT molecular complexity index is 400. The maximum absolute atomic E-state index is 11.4. The van der Waals surface area contributed by atoms with Crippen molar-refractivity contribution in [3.05, 3.63) is 29.8 Å². The Morgan fingerprint density at radius 2 is 1.87 bits per heavy atom. The van der Waals surface area contributed by atoms with Crippen LogP contribution >= 0.6 is 0 Å². The quantitative estimate of drug-likeness (QED) is 0.674. The first-order valence-electron chi connectivity index (χ1n) is 4.57. The lowest BCUT2D eigenvalue weighted by molar-refractivity contribution is 0.587. The molecule has 1 rings (SSSR count). The highest BCUT2D eigenvalue weighted by Crippen LogP contribution is 2.09. The fraction of sp³-hybridized carbons (Fsp3) is 0.333. The topological polar surface area (TPSA) is 84.2 Å². The van der Waals surface area contributed by atoms with Crippen LogP contribution in [0.1, 0.15) is 5.56 Å². The van der Waals surface area contributed by atoms with Gasteiger partial charge in [0.1, 0.15) is 0 Å². The third-order valence-electron chi connectivity index (χ3n) is 1.74. The number of hydrogen-bond acceptors (Lipinski definition) is 3. The van der Waals surface area contributed by atoms with Crippen LogP contribution in [-0.2, 0) is 10.2 Å². The predicted octanol–water partition coefficient (Wildman–Crippen LogP) is 0.200. The third kappa shape index (κ3) is 4.28. The second kappa shape index (κ2) is 5.11. The number of benzene rings is 1. The smallest absolute Gasteiger partial charge is 0.299 e. The third-order valence-corrected chi connectivity index (χ3v) is 2.83. The van der Waals surface area contributed by atoms with E-state index in [1.165, 1.54) is 0 Å². The molecule has 1 aromatic rings. The van der Waals surface area contributed by atoms with Crippen LogP contribution in [0, 0.1) is 6.92 Å². The van der Waals surface area contributed by atoms with Crippen molar-refractivity contribution in [3.63, 3.8) is 0 Å². The van der Waals surface area contributed by atoms with Crippen LogP contribution in [0.4, 0.5) is 5.69 Å². The largest absolute Gasteiger partial charge is 0.329 e. The van der Waals surface area contributed by atoms with Gasteiger partial charge in [-0.2, -0.15) is 13.1 Å². The molecular weight excluding hydrogens is 214 g/mol. The minimum atomic E-state index is -3.49. The van der Waals surface area contributed by atoms with Gasteiger partial charge in [-0.15, -0.1) is 0 Å². The highest BCUT2D eigenvalue weighted by molar-refractivity contribution is 7.90. The van der Waals surface area contributed by atoms with Gasteiger partial charge in [-0.1, -0.05) is 17.7 Å². The molecule has 5 nitrogen and oxygen atoms in total. The van der Waals surface area contributed by atoms with E-state index < -0.39 is 10.2 Å². The number of anilines is 1. The summed E-state index contributed by atoms with van der Waals surface area (Å²) in [5, 5.41) is 0. The predicted molar refractivity (Wildman–Crippen MR) is 60.8 cm³/mol. The maximum Gasteiger partial charge on any atom is 0.299 e. The van der Waals surface area contributed by atoms with Crippen LogP contribution in [0.25, 0.3) is 0 Å². The van der Waals surface area contributed by atoms with Gasteiger partial charge in [0.25, 0.3) is 10.2 Å². The van der Waals surface area contributed by atoms with Crippen LogP contribution in [0.5, 0.6) is 0 Å². The van der Waals surface area contributed by atoms with Crippen LogP contribution in [0.15, 0.2) is 24.3 Å². The summed E-state index contributed by atoms with van der Waals surface area (Å²) in [6.07, 6.45) is 0. The van der Waals surface area contributed by atoms with Gasteiger partial charge in [0.15, 0.2) is 0 Å². The Morgan fingerprint density at radius 3 is 2.40 bits per heavy atom. The molecule has 0 radical (unpaired) electrons. The molecule has 0 aliphatic carbocycles. The number of aryl methyl sites for hydroxylation is 1. The first-order chi connectivity index (χ1) is 7.03. The molecule has 4 N–H and O–H groups in total. The zero-order chi connectivity index (χ0) is 11.3. The van der Waals surface area contributed by atoms with Gasteiger partial charge in [0, 0.05) is 18.8 Å². The number of nitrogens with two attached hydrogens (primary N) is 1. The van der Waals surface area contributed by atoms with Crippen molar-refractivity contribution < 1.29 is 8.42 Å². The van der Waals surface area contributed by atoms with E-state index in [-0.39, 0.29) is 13.1 Å². The van der Waals surface area contributed by atoms with Crippen molar-refractivity contribution in [3.8, 4) is 0 Å². The molecule has 0 spiro atoms. The van der Waals surface area contributed by atoms with E-state index in [1.54, 1.807) is 12.1 Å². The molecule has 0 atom stereocenters. The molecule has 0 heterocycles. The van der Waals surface area contributed by atoms with E-state index in [4.69, 9.17) is 5.73 Å². The summed E-state index contributed by atoms with van der Waals surface area (Å²) in [6, 6.07) is 7.08. The molecule has 1 aromatic carbocycles. The lowest BCUT2D eigenvalue weighted by Gasteiger charge is -2.08. The maximum atomic E-state index is 11.4. The molecule has 0 fully saturated rings. The Kier molecular flexibility index (Phi) is 4.07. The minimum absolute atomic E-state index is 0.223. The summed E-state index contributed by atoms with van der Waals surface area (Å²) in [7, 11) is -3.49. The number of rotatable bonds is 5. The second-order valence-electron chi connectivity index (χ2n) is 3.15. The Morgan fingerprint density at radius 1 is 1.27 bits per heavy atom. The van der Waals surface area contributed by atoms with Crippen molar-refractivity contribution in [2.45, 2.75) is 6.92 Å². The van der Waals surface area contributed by atoms with Crippen LogP contribution in [0.3, 0.4) is 0 Å². The molecule has 0 amide bonds. The van der Waals surface area contributed by atoms with Crippen molar-refractivity contribution in [1.82, 2.24) is 4.72 Å². The Balaban J connectivity index is 2.65. The molecule has 84 valence electrons. The molecule has 6 heteroatoms. The highest BCUT2D eigenvalue weighted by atomic mass is 32.2. The molecule has 0 unspecified atom stereocenters. The first kappa shape index (κ1) is 12.0. The van der Waals surface area contributed by atoms with E-state index in [0.29, 0.717) is 5.69 Å². The summed E-state index contributed by atoms with van der Waals surface area (Å²) in [6.45, 7) is 2.43. The van der Waals surface area contributed by atoms with E-state index in [1.807, 2.05) is 19.1 Å². The molecule has 0 aliphatic heterocycles.